The average molecular weight is 205 g/mol. The van der Waals surface area contributed by atoms with Gasteiger partial charge in [-0.2, -0.15) is 10.2 Å². The molecule has 15 heavy (non-hydrogen) atoms. The van der Waals surface area contributed by atoms with Crippen LogP contribution >= 0.6 is 0 Å². The van der Waals surface area contributed by atoms with E-state index < -0.39 is 0 Å². The number of aldehydes is 1. The molecule has 0 unspecified atom stereocenters. The van der Waals surface area contributed by atoms with Crippen LogP contribution in [-0.4, -0.2) is 19.0 Å². The van der Waals surface area contributed by atoms with Crippen LogP contribution < -0.4 is 10.5 Å². The summed E-state index contributed by atoms with van der Waals surface area (Å²) < 4.78 is 0. The number of hydrogen-bond donors (Lipinski definition) is 1. The van der Waals surface area contributed by atoms with Crippen molar-refractivity contribution in [3.63, 3.8) is 0 Å². The Balaban J connectivity index is 2.81. The number of para-hydroxylation sites is 1. The molecule has 0 aliphatic carbocycles. The largest absolute Gasteiger partial charge is 0.303 e. The Hall–Kier alpha value is -1.68. The van der Waals surface area contributed by atoms with Crippen molar-refractivity contribution in [2.45, 2.75) is 13.3 Å². The third kappa shape index (κ3) is 3.52. The van der Waals surface area contributed by atoms with Crippen molar-refractivity contribution in [2.75, 3.05) is 12.2 Å². The maximum Gasteiger partial charge on any atom is 0.125 e. The number of carbonyl (C=O) groups excluding carboxylic acids is 1. The van der Waals surface area contributed by atoms with E-state index in [2.05, 4.69) is 10.5 Å². The molecule has 0 aliphatic rings. The van der Waals surface area contributed by atoms with E-state index in [9.17, 15) is 4.79 Å². The molecule has 0 radical (unpaired) electrons. The number of rotatable bonds is 5. The molecule has 1 aromatic rings. The van der Waals surface area contributed by atoms with Crippen LogP contribution in [0.15, 0.2) is 35.4 Å². The topological polar surface area (TPSA) is 44.7 Å². The zero-order chi connectivity index (χ0) is 11.1. The maximum atomic E-state index is 10.3. The van der Waals surface area contributed by atoms with Crippen LogP contribution in [0.4, 0.5) is 5.69 Å². The SMILES string of the molecule is CNN(/N=C(/C)CC=O)c1ccccc1. The third-order valence-electron chi connectivity index (χ3n) is 1.86. The summed E-state index contributed by atoms with van der Waals surface area (Å²) in [6, 6.07) is 9.69. The lowest BCUT2D eigenvalue weighted by Crippen LogP contribution is -2.30. The Morgan fingerprint density at radius 3 is 2.67 bits per heavy atom. The molecule has 4 heteroatoms. The summed E-state index contributed by atoms with van der Waals surface area (Å²) in [5.41, 5.74) is 4.64. The fraction of sp³-hybridized carbons (Fsp3) is 0.273. The molecule has 0 aromatic heterocycles. The second-order valence-corrected chi connectivity index (χ2v) is 3.08. The van der Waals surface area contributed by atoms with Crippen LogP contribution in [0.3, 0.4) is 0 Å². The van der Waals surface area contributed by atoms with E-state index in [1.54, 1.807) is 12.2 Å². The van der Waals surface area contributed by atoms with Gasteiger partial charge >= 0.3 is 0 Å². The fourth-order valence-corrected chi connectivity index (χ4v) is 1.14. The molecule has 0 saturated carbocycles. The molecule has 1 rings (SSSR count). The normalized spacial score (nSPS) is 11.2. The van der Waals surface area contributed by atoms with Gasteiger partial charge in [-0.25, -0.2) is 5.43 Å². The van der Waals surface area contributed by atoms with Crippen molar-refractivity contribution in [2.24, 2.45) is 5.10 Å². The predicted octanol–water partition coefficient (Wildman–Crippen LogP) is 1.59. The van der Waals surface area contributed by atoms with Gasteiger partial charge in [0.1, 0.15) is 6.29 Å². The van der Waals surface area contributed by atoms with Gasteiger partial charge in [0.05, 0.1) is 5.69 Å². The van der Waals surface area contributed by atoms with Gasteiger partial charge in [-0.05, 0) is 19.1 Å². The Kier molecular flexibility index (Phi) is 4.50. The highest BCUT2D eigenvalue weighted by Crippen LogP contribution is 2.10. The van der Waals surface area contributed by atoms with Gasteiger partial charge in [-0.1, -0.05) is 18.2 Å². The lowest BCUT2D eigenvalue weighted by molar-refractivity contribution is -0.106. The van der Waals surface area contributed by atoms with E-state index in [1.807, 2.05) is 37.3 Å². The number of hydrazine groups is 1. The smallest absolute Gasteiger partial charge is 0.125 e. The molecule has 0 bridgehead atoms. The molecule has 0 aliphatic heterocycles. The van der Waals surface area contributed by atoms with Gasteiger partial charge < -0.3 is 4.79 Å². The number of hydrogen-bond acceptors (Lipinski definition) is 4. The summed E-state index contributed by atoms with van der Waals surface area (Å²) in [5.74, 6) is 0. The first-order chi connectivity index (χ1) is 7.27. The molecule has 0 heterocycles. The average Bonchev–Trinajstić information content (AvgIpc) is 2.27. The molecule has 1 N–H and O–H groups in total. The van der Waals surface area contributed by atoms with Crippen molar-refractivity contribution < 1.29 is 4.79 Å². The third-order valence-corrected chi connectivity index (χ3v) is 1.86. The lowest BCUT2D eigenvalue weighted by Gasteiger charge is -2.17. The van der Waals surface area contributed by atoms with Gasteiger partial charge in [-0.3, -0.25) is 0 Å². The Morgan fingerprint density at radius 1 is 1.47 bits per heavy atom. The quantitative estimate of drug-likeness (QED) is 0.451. The molecule has 0 amide bonds. The number of nitrogens with one attached hydrogen (secondary N) is 1. The number of nitrogens with zero attached hydrogens (tertiary/aromatic N) is 2. The van der Waals surface area contributed by atoms with Crippen LogP contribution in [0.2, 0.25) is 0 Å². The summed E-state index contributed by atoms with van der Waals surface area (Å²) in [6.45, 7) is 1.82. The molecule has 80 valence electrons. The first kappa shape index (κ1) is 11.4. The van der Waals surface area contributed by atoms with E-state index in [4.69, 9.17) is 0 Å². The highest BCUT2D eigenvalue weighted by molar-refractivity contribution is 5.92. The van der Waals surface area contributed by atoms with Gasteiger partial charge in [0.15, 0.2) is 0 Å². The fourth-order valence-electron chi connectivity index (χ4n) is 1.14. The van der Waals surface area contributed by atoms with Crippen molar-refractivity contribution in [1.82, 2.24) is 5.43 Å². The zero-order valence-corrected chi connectivity index (χ0v) is 8.97. The minimum Gasteiger partial charge on any atom is -0.303 e. The van der Waals surface area contributed by atoms with Gasteiger partial charge in [0, 0.05) is 19.2 Å². The summed E-state index contributed by atoms with van der Waals surface area (Å²) in [4.78, 5) is 10.3. The van der Waals surface area contributed by atoms with E-state index >= 15 is 0 Å². The highest BCUT2D eigenvalue weighted by Gasteiger charge is 2.01. The van der Waals surface area contributed by atoms with Crippen molar-refractivity contribution in [3.05, 3.63) is 30.3 Å². The first-order valence-corrected chi connectivity index (χ1v) is 4.78. The summed E-state index contributed by atoms with van der Waals surface area (Å²) in [6.07, 6.45) is 1.20. The number of hydrazone groups is 1. The molecular formula is C11H15N3O. The first-order valence-electron chi connectivity index (χ1n) is 4.78. The van der Waals surface area contributed by atoms with E-state index in [0.29, 0.717) is 6.42 Å². The second-order valence-electron chi connectivity index (χ2n) is 3.08. The molecule has 0 atom stereocenters. The predicted molar refractivity (Wildman–Crippen MR) is 61.8 cm³/mol. The molecule has 4 nitrogen and oxygen atoms in total. The van der Waals surface area contributed by atoms with Crippen molar-refractivity contribution in [1.29, 1.82) is 0 Å². The van der Waals surface area contributed by atoms with E-state index in [0.717, 1.165) is 17.7 Å². The van der Waals surface area contributed by atoms with Gasteiger partial charge in [0.2, 0.25) is 0 Å². The lowest BCUT2D eigenvalue weighted by atomic mass is 10.3. The van der Waals surface area contributed by atoms with Gasteiger partial charge in [0.25, 0.3) is 0 Å². The minimum absolute atomic E-state index is 0.352. The van der Waals surface area contributed by atoms with E-state index in [-0.39, 0.29) is 0 Å². The number of anilines is 1. The zero-order valence-electron chi connectivity index (χ0n) is 8.97. The summed E-state index contributed by atoms with van der Waals surface area (Å²) in [7, 11) is 1.78. The molecule has 0 spiro atoms. The molecular weight excluding hydrogens is 190 g/mol. The summed E-state index contributed by atoms with van der Waals surface area (Å²) >= 11 is 0. The van der Waals surface area contributed by atoms with Gasteiger partial charge in [-0.15, -0.1) is 0 Å². The van der Waals surface area contributed by atoms with Crippen LogP contribution in [0.1, 0.15) is 13.3 Å². The van der Waals surface area contributed by atoms with Crippen molar-refractivity contribution in [3.8, 4) is 0 Å². The number of carbonyl (C=O) groups is 1. The molecule has 0 fully saturated rings. The Morgan fingerprint density at radius 2 is 2.13 bits per heavy atom. The highest BCUT2D eigenvalue weighted by atomic mass is 16.1. The minimum atomic E-state index is 0.352. The standard InChI is InChI=1S/C11H15N3O/c1-10(8-9-15)13-14(12-2)11-6-4-3-5-7-11/h3-7,9,12H,8H2,1-2H3/b13-10-. The maximum absolute atomic E-state index is 10.3. The monoisotopic (exact) mass is 205 g/mol. The second kappa shape index (κ2) is 5.93. The van der Waals surface area contributed by atoms with Crippen LogP contribution in [0, 0.1) is 0 Å². The van der Waals surface area contributed by atoms with Crippen molar-refractivity contribution >= 4 is 17.7 Å². The number of benzene rings is 1. The van der Waals surface area contributed by atoms with Crippen LogP contribution in [0.5, 0.6) is 0 Å². The molecule has 1 aromatic carbocycles. The summed E-state index contributed by atoms with van der Waals surface area (Å²) in [5, 5.41) is 5.90. The Bertz CT molecular complexity index is 335. The molecule has 0 saturated heterocycles. The van der Waals surface area contributed by atoms with Crippen LogP contribution in [0.25, 0.3) is 0 Å². The Labute approximate surface area is 89.6 Å². The van der Waals surface area contributed by atoms with E-state index in [1.165, 1.54) is 0 Å². The van der Waals surface area contributed by atoms with Crippen LogP contribution in [-0.2, 0) is 4.79 Å².